The lowest BCUT2D eigenvalue weighted by atomic mass is 9.91. The van der Waals surface area contributed by atoms with Crippen molar-refractivity contribution in [1.29, 1.82) is 0 Å². The molecule has 2 aliphatic heterocycles. The summed E-state index contributed by atoms with van der Waals surface area (Å²) < 4.78 is 13.1. The molecule has 2 amide bonds. The molecule has 0 bridgehead atoms. The second-order valence-corrected chi connectivity index (χ2v) is 12.3. The van der Waals surface area contributed by atoms with E-state index in [1.165, 1.54) is 46.7 Å². The highest BCUT2D eigenvalue weighted by molar-refractivity contribution is 6.42. The monoisotopic (exact) mass is 687 g/mol. The van der Waals surface area contributed by atoms with Gasteiger partial charge >= 0.3 is 0 Å². The molecule has 5 unspecified atom stereocenters. The van der Waals surface area contributed by atoms with E-state index in [0.717, 1.165) is 0 Å². The Bertz CT molecular complexity index is 1520. The lowest BCUT2D eigenvalue weighted by molar-refractivity contribution is -0.211. The van der Waals surface area contributed by atoms with Gasteiger partial charge in [0.1, 0.15) is 30.0 Å². The third-order valence-corrected chi connectivity index (χ3v) is 8.99. The lowest BCUT2D eigenvalue weighted by Gasteiger charge is -2.45. The first kappa shape index (κ1) is 32.9. The number of hydrogen-bond acceptors (Lipinski definition) is 9. The molecule has 1 aromatic heterocycles. The maximum atomic E-state index is 14.5. The number of ether oxygens (including phenoxy) is 2. The van der Waals surface area contributed by atoms with E-state index >= 15 is 0 Å². The van der Waals surface area contributed by atoms with Gasteiger partial charge < -0.3 is 34.6 Å². The molecule has 5 rings (SSSR count). The first-order valence-corrected chi connectivity index (χ1v) is 15.0. The van der Waals surface area contributed by atoms with Gasteiger partial charge in [-0.1, -0.05) is 57.7 Å². The van der Waals surface area contributed by atoms with Crippen molar-refractivity contribution in [2.24, 2.45) is 0 Å². The first-order chi connectivity index (χ1) is 20.9. The Morgan fingerprint density at radius 2 is 1.77 bits per heavy atom. The highest BCUT2D eigenvalue weighted by Gasteiger charge is 2.52. The van der Waals surface area contributed by atoms with Crippen molar-refractivity contribution < 1.29 is 34.4 Å². The van der Waals surface area contributed by atoms with Gasteiger partial charge in [-0.05, 0) is 30.3 Å². The van der Waals surface area contributed by atoms with Crippen molar-refractivity contribution in [3.63, 3.8) is 0 Å². The largest absolute Gasteiger partial charge is 0.394 e. The van der Waals surface area contributed by atoms with Crippen molar-refractivity contribution in [3.05, 3.63) is 62.7 Å². The number of carbonyl (C=O) groups excluding carboxylic acids is 2. The van der Waals surface area contributed by atoms with Crippen molar-refractivity contribution >= 4 is 63.9 Å². The van der Waals surface area contributed by atoms with Gasteiger partial charge in [-0.15, -0.1) is 5.10 Å². The first-order valence-electron chi connectivity index (χ1n) is 13.5. The van der Waals surface area contributed by atoms with Gasteiger partial charge in [-0.2, -0.15) is 0 Å². The number of carbonyl (C=O) groups is 2. The average Bonchev–Trinajstić information content (AvgIpc) is 3.61. The highest BCUT2D eigenvalue weighted by Crippen LogP contribution is 2.37. The van der Waals surface area contributed by atoms with Gasteiger partial charge in [-0.3, -0.25) is 9.59 Å². The minimum absolute atomic E-state index is 0.00560. The van der Waals surface area contributed by atoms with E-state index in [1.54, 1.807) is 24.4 Å². The van der Waals surface area contributed by atoms with Gasteiger partial charge in [0.2, 0.25) is 5.91 Å². The molecule has 0 saturated carbocycles. The van der Waals surface area contributed by atoms with E-state index in [1.807, 2.05) is 0 Å². The number of β-amino-alcohol motifs (C(OH)–C–C–N with tert-alkyl or cyclic N) is 1. The lowest BCUT2D eigenvalue weighted by Crippen LogP contribution is -2.63. The number of nitrogens with zero attached hydrogens (tertiary/aromatic N) is 5. The predicted molar refractivity (Wildman–Crippen MR) is 163 cm³/mol. The molecule has 7 atom stereocenters. The van der Waals surface area contributed by atoms with Gasteiger partial charge in [-0.25, -0.2) is 4.68 Å². The van der Waals surface area contributed by atoms with Crippen LogP contribution in [0.4, 0.5) is 5.69 Å². The summed E-state index contributed by atoms with van der Waals surface area (Å²) in [5.41, 5.74) is 1.24. The van der Waals surface area contributed by atoms with Crippen molar-refractivity contribution in [1.82, 2.24) is 19.9 Å². The Kier molecular flexibility index (Phi) is 10.0. The van der Waals surface area contributed by atoms with Crippen LogP contribution < -0.4 is 4.90 Å². The number of rotatable bonds is 7. The van der Waals surface area contributed by atoms with Crippen LogP contribution in [0.5, 0.6) is 0 Å². The summed E-state index contributed by atoms with van der Waals surface area (Å²) in [6.45, 7) is 0.737. The van der Waals surface area contributed by atoms with Crippen LogP contribution in [0.1, 0.15) is 13.0 Å². The number of anilines is 1. The summed E-state index contributed by atoms with van der Waals surface area (Å²) in [7, 11) is 1.34. The van der Waals surface area contributed by atoms with E-state index in [2.05, 4.69) is 10.3 Å². The fourth-order valence-corrected chi connectivity index (χ4v) is 6.46. The zero-order valence-electron chi connectivity index (χ0n) is 23.4. The zero-order chi connectivity index (χ0) is 31.9. The maximum absolute atomic E-state index is 14.5. The zero-order valence-corrected chi connectivity index (χ0v) is 26.5. The highest BCUT2D eigenvalue weighted by atomic mass is 35.5. The Morgan fingerprint density at radius 1 is 1.07 bits per heavy atom. The second kappa shape index (κ2) is 13.5. The molecule has 0 spiro atoms. The normalized spacial score (nSPS) is 27.0. The molecule has 236 valence electrons. The second-order valence-electron chi connectivity index (χ2n) is 10.6. The van der Waals surface area contributed by atoms with E-state index in [-0.39, 0.29) is 34.7 Å². The fourth-order valence-electron chi connectivity index (χ4n) is 5.65. The fraction of sp³-hybridized carbons (Fsp3) is 0.429. The molecule has 16 heteroatoms. The molecule has 2 aromatic carbocycles. The van der Waals surface area contributed by atoms with E-state index in [4.69, 9.17) is 55.9 Å². The Labute approximate surface area is 272 Å². The van der Waals surface area contributed by atoms with Gasteiger partial charge in [0, 0.05) is 48.4 Å². The van der Waals surface area contributed by atoms with Crippen LogP contribution in [0.3, 0.4) is 0 Å². The molecule has 3 aromatic rings. The number of aliphatic hydroxyl groups is 3. The Morgan fingerprint density at radius 3 is 2.36 bits per heavy atom. The number of hydrogen-bond donors (Lipinski definition) is 3. The molecule has 0 aliphatic carbocycles. The number of methoxy groups -OCH3 is 1. The van der Waals surface area contributed by atoms with Gasteiger partial charge in [0.05, 0.1) is 35.0 Å². The van der Waals surface area contributed by atoms with E-state index in [0.29, 0.717) is 21.3 Å². The van der Waals surface area contributed by atoms with Crippen LogP contribution in [-0.2, 0) is 19.1 Å². The Balaban J connectivity index is 1.55. The molecular formula is C28H29Cl4N5O7. The molecule has 3 N–H and O–H groups in total. The van der Waals surface area contributed by atoms with Crippen LogP contribution in [0.15, 0.2) is 42.6 Å². The molecule has 12 nitrogen and oxygen atoms in total. The van der Waals surface area contributed by atoms with E-state index < -0.39 is 55.1 Å². The molecule has 2 aliphatic rings. The average molecular weight is 689 g/mol. The minimum Gasteiger partial charge on any atom is -0.394 e. The SMILES string of the molecule is COC1C(C(=O)N(c2cc(Cl)cc(Cl)c2)[C@H]2CN(C(C)=O)C[C@@H]2O)OC(CO)C(O)C1n1cc(-c2ccc(Cl)c(Cl)c2)nn1. The van der Waals surface area contributed by atoms with E-state index in [9.17, 15) is 24.9 Å². The molecule has 0 radical (unpaired) electrons. The predicted octanol–water partition coefficient (Wildman–Crippen LogP) is 2.86. The minimum atomic E-state index is -1.43. The summed E-state index contributed by atoms with van der Waals surface area (Å²) >= 11 is 24.8. The van der Waals surface area contributed by atoms with Crippen LogP contribution in [0.2, 0.25) is 20.1 Å². The summed E-state index contributed by atoms with van der Waals surface area (Å²) in [5, 5.41) is 42.0. The van der Waals surface area contributed by atoms with Crippen molar-refractivity contribution in [2.75, 3.05) is 31.7 Å². The summed E-state index contributed by atoms with van der Waals surface area (Å²) in [6, 6.07) is 7.43. The standard InChI is InChI=1S/C28H29Cl4N5O7/c1-13(39)35-10-21(22(40)11-35)37(17-7-15(29)6-16(30)8-17)28(42)27-26(43-2)24(25(41)23(12-38)44-27)36-9-20(33-34-36)14-3-4-18(31)19(32)5-14/h3-9,21-27,38,40-41H,10-12H2,1-2H3/t21-,22-,23?,24?,25?,26?,27?/m0/s1. The molecule has 44 heavy (non-hydrogen) atoms. The quantitative estimate of drug-likeness (QED) is 0.341. The number of benzene rings is 2. The molecular weight excluding hydrogens is 660 g/mol. The molecule has 2 fully saturated rings. The number of halogens is 4. The number of aromatic nitrogens is 3. The summed E-state index contributed by atoms with van der Waals surface area (Å²) in [4.78, 5) is 29.4. The van der Waals surface area contributed by atoms with Gasteiger partial charge in [0.15, 0.2) is 6.10 Å². The number of aliphatic hydroxyl groups excluding tert-OH is 3. The molecule has 3 heterocycles. The van der Waals surface area contributed by atoms with Crippen LogP contribution in [0.25, 0.3) is 11.3 Å². The number of amides is 2. The van der Waals surface area contributed by atoms with Crippen LogP contribution in [-0.4, -0.2) is 110 Å². The van der Waals surface area contributed by atoms with Crippen molar-refractivity contribution in [3.8, 4) is 11.3 Å². The third-order valence-electron chi connectivity index (χ3n) is 7.81. The smallest absolute Gasteiger partial charge is 0.259 e. The summed E-state index contributed by atoms with van der Waals surface area (Å²) in [6.07, 6.45) is -4.78. The van der Waals surface area contributed by atoms with Crippen molar-refractivity contribution in [2.45, 2.75) is 49.5 Å². The van der Waals surface area contributed by atoms with Crippen LogP contribution >= 0.6 is 46.4 Å². The summed E-state index contributed by atoms with van der Waals surface area (Å²) in [5.74, 6) is -0.968. The number of likely N-dealkylation sites (tertiary alicyclic amines) is 1. The molecule has 2 saturated heterocycles. The third kappa shape index (κ3) is 6.41. The van der Waals surface area contributed by atoms with Gasteiger partial charge in [0.25, 0.3) is 5.91 Å². The Hall–Kier alpha value is -2.52. The van der Waals surface area contributed by atoms with Crippen LogP contribution in [0, 0.1) is 0 Å². The maximum Gasteiger partial charge on any atom is 0.259 e. The topological polar surface area (TPSA) is 150 Å².